The lowest BCUT2D eigenvalue weighted by Gasteiger charge is -2.68. The van der Waals surface area contributed by atoms with Crippen LogP contribution in [0.1, 0.15) is 102 Å². The molecule has 3 aliphatic carbocycles. The maximum absolute atomic E-state index is 13.9. The van der Waals surface area contributed by atoms with Crippen LogP contribution in [-0.4, -0.2) is 94.5 Å². The van der Waals surface area contributed by atoms with Crippen LogP contribution in [0.2, 0.25) is 0 Å². The van der Waals surface area contributed by atoms with Gasteiger partial charge in [0, 0.05) is 42.4 Å². The molecule has 2 heterocycles. The van der Waals surface area contributed by atoms with E-state index in [1.165, 1.54) is 6.92 Å². The van der Waals surface area contributed by atoms with Gasteiger partial charge >= 0.3 is 18.0 Å². The number of hydrogen-bond acceptors (Lipinski definition) is 11. The number of ether oxygens (including phenoxy) is 6. The van der Waals surface area contributed by atoms with Crippen molar-refractivity contribution in [1.82, 2.24) is 5.32 Å². The molecule has 0 radical (unpaired) electrons. The summed E-state index contributed by atoms with van der Waals surface area (Å²) in [5, 5.41) is 26.5. The van der Waals surface area contributed by atoms with Gasteiger partial charge in [-0.3, -0.25) is 4.79 Å². The lowest BCUT2D eigenvalue weighted by atomic mass is 9.47. The molecule has 2 aliphatic heterocycles. The van der Waals surface area contributed by atoms with Crippen LogP contribution in [0.15, 0.2) is 23.8 Å². The third-order valence-electron chi connectivity index (χ3n) is 12.6. The number of amides is 1. The van der Waals surface area contributed by atoms with E-state index in [9.17, 15) is 24.6 Å². The Balaban J connectivity index is 1.58. The van der Waals surface area contributed by atoms with Crippen molar-refractivity contribution >= 4 is 18.0 Å². The Hall–Kier alpha value is -2.51. The molecule has 3 unspecified atom stereocenters. The highest BCUT2D eigenvalue weighted by atomic mass is 16.7. The van der Waals surface area contributed by atoms with Crippen LogP contribution in [0.3, 0.4) is 0 Å². The number of hydrogen-bond donors (Lipinski definition) is 3. The third kappa shape index (κ3) is 6.44. The van der Waals surface area contributed by atoms with Gasteiger partial charge in [-0.15, -0.1) is 0 Å². The average Bonchev–Trinajstić information content (AvgIpc) is 3.25. The van der Waals surface area contributed by atoms with Crippen molar-refractivity contribution in [2.24, 2.45) is 34.5 Å². The summed E-state index contributed by atoms with van der Waals surface area (Å²) in [5.41, 5.74) is -3.11. The molecule has 0 aromatic rings. The van der Waals surface area contributed by atoms with E-state index in [1.807, 2.05) is 20.8 Å². The van der Waals surface area contributed by atoms with Gasteiger partial charge in [-0.1, -0.05) is 46.8 Å². The molecular weight excluding hydrogens is 658 g/mol. The van der Waals surface area contributed by atoms with Gasteiger partial charge in [-0.05, 0) is 71.4 Å². The molecule has 51 heavy (non-hydrogen) atoms. The van der Waals surface area contributed by atoms with E-state index >= 15 is 0 Å². The second-order valence-corrected chi connectivity index (χ2v) is 17.9. The molecular formula is C39H61NO11. The van der Waals surface area contributed by atoms with Crippen molar-refractivity contribution in [1.29, 1.82) is 0 Å². The second-order valence-electron chi connectivity index (χ2n) is 17.9. The van der Waals surface area contributed by atoms with Gasteiger partial charge in [-0.2, -0.15) is 0 Å². The van der Waals surface area contributed by atoms with Crippen molar-refractivity contribution in [3.63, 3.8) is 0 Å². The summed E-state index contributed by atoms with van der Waals surface area (Å²) in [6.45, 7) is 26.4. The van der Waals surface area contributed by atoms with Gasteiger partial charge < -0.3 is 44.0 Å². The predicted molar refractivity (Wildman–Crippen MR) is 187 cm³/mol. The van der Waals surface area contributed by atoms with Gasteiger partial charge in [-0.25, -0.2) is 9.59 Å². The molecule has 5 rings (SSSR count). The van der Waals surface area contributed by atoms with Crippen LogP contribution >= 0.6 is 0 Å². The summed E-state index contributed by atoms with van der Waals surface area (Å²) in [6, 6.07) is -0.959. The van der Waals surface area contributed by atoms with Crippen LogP contribution in [0, 0.1) is 34.5 Å². The van der Waals surface area contributed by atoms with Crippen molar-refractivity contribution in [2.75, 3.05) is 6.61 Å². The van der Waals surface area contributed by atoms with Gasteiger partial charge in [0.1, 0.15) is 17.8 Å². The van der Waals surface area contributed by atoms with E-state index in [-0.39, 0.29) is 36.9 Å². The summed E-state index contributed by atoms with van der Waals surface area (Å²) in [5.74, 6) is -2.33. The monoisotopic (exact) mass is 719 g/mol. The molecule has 12 heteroatoms. The van der Waals surface area contributed by atoms with Gasteiger partial charge in [0.15, 0.2) is 18.0 Å². The zero-order valence-electron chi connectivity index (χ0n) is 32.5. The first-order valence-corrected chi connectivity index (χ1v) is 18.5. The van der Waals surface area contributed by atoms with Gasteiger partial charge in [0.05, 0.1) is 30.5 Å². The molecule has 3 N–H and O–H groups in total. The van der Waals surface area contributed by atoms with Crippen LogP contribution in [-0.2, 0) is 38.0 Å². The topological polar surface area (TPSA) is 159 Å². The lowest BCUT2D eigenvalue weighted by Crippen LogP contribution is -2.78. The summed E-state index contributed by atoms with van der Waals surface area (Å²) in [6.07, 6.45) is -2.45. The van der Waals surface area contributed by atoms with Crippen LogP contribution in [0.4, 0.5) is 4.79 Å². The highest BCUT2D eigenvalue weighted by Gasteiger charge is 2.78. The summed E-state index contributed by atoms with van der Waals surface area (Å²) < 4.78 is 37.3. The fraction of sp³-hybridized carbons (Fsp3) is 0.821. The van der Waals surface area contributed by atoms with Crippen molar-refractivity contribution in [3.8, 4) is 0 Å². The molecule has 2 saturated heterocycles. The second kappa shape index (κ2) is 13.4. The van der Waals surface area contributed by atoms with Crippen molar-refractivity contribution in [3.05, 3.63) is 23.8 Å². The van der Waals surface area contributed by atoms with Gasteiger partial charge in [0.25, 0.3) is 0 Å². The number of carbonyl (C=O) groups is 3. The highest BCUT2D eigenvalue weighted by molar-refractivity contribution is 5.77. The van der Waals surface area contributed by atoms with E-state index < -0.39 is 88.3 Å². The Labute approximate surface area is 303 Å². The largest absolute Gasteiger partial charge is 0.456 e. The number of aliphatic hydroxyl groups excluding tert-OH is 1. The first-order valence-electron chi connectivity index (χ1n) is 18.5. The standard InChI is InChI=1S/C39H61NO11/c1-14-28-48-26-16-27-39(18-46-27,50-23(7)41)31-22(6)38(36(11,12)45)17-25(20(4)29(38)21(5)32(49-28)37(26,31)13)47-33(43)30(42)24(15-19(2)3)40-34(44)51-35(8,9)10/h14,19,21-22,24-28,30-32,42,45H,1,15-18H2,2-13H3,(H,40,44)/t21-,22-,24-,25-,26-,27?,28?,30?,31-,32-,37+,38+,39-/m0/s1. The Morgan fingerprint density at radius 2 is 1.76 bits per heavy atom. The molecule has 0 aromatic carbocycles. The SMILES string of the molecule is C=CC1O[C@H]2CC3OC[C@@]3(OC(C)=O)[C@H]3[C@H](C)[C@]4(C(C)(C)O)C[C@H](OC(=O)C(O)[C@H](CC(C)C)NC(=O)OC(C)(C)C)C(C)=C4[C@H](C)[C@H](O1)[C@]23C. The fourth-order valence-electron chi connectivity index (χ4n) is 10.9. The quantitative estimate of drug-likeness (QED) is 0.168. The van der Waals surface area contributed by atoms with E-state index in [0.717, 1.165) is 11.1 Å². The maximum Gasteiger partial charge on any atom is 0.407 e. The number of carbonyl (C=O) groups excluding carboxylic acids is 3. The van der Waals surface area contributed by atoms with E-state index in [0.29, 0.717) is 12.8 Å². The number of rotatable bonds is 9. The Morgan fingerprint density at radius 1 is 1.12 bits per heavy atom. The molecule has 13 atom stereocenters. The van der Waals surface area contributed by atoms with Gasteiger partial charge in [0.2, 0.25) is 0 Å². The molecule has 1 amide bonds. The fourth-order valence-corrected chi connectivity index (χ4v) is 10.9. The zero-order chi connectivity index (χ0) is 38.2. The molecule has 288 valence electrons. The predicted octanol–water partition coefficient (Wildman–Crippen LogP) is 4.98. The number of nitrogens with one attached hydrogen (secondary N) is 1. The van der Waals surface area contributed by atoms with Crippen molar-refractivity contribution < 1.29 is 53.0 Å². The summed E-state index contributed by atoms with van der Waals surface area (Å²) in [7, 11) is 0. The molecule has 0 spiro atoms. The number of esters is 2. The minimum absolute atomic E-state index is 0.0332. The Bertz CT molecular complexity index is 1430. The lowest BCUT2D eigenvalue weighted by molar-refractivity contribution is -0.387. The maximum atomic E-state index is 13.9. The van der Waals surface area contributed by atoms with E-state index in [1.54, 1.807) is 40.7 Å². The number of alkyl carbamates (subject to hydrolysis) is 1. The van der Waals surface area contributed by atoms with Crippen molar-refractivity contribution in [2.45, 2.75) is 162 Å². The molecule has 0 bridgehead atoms. The molecule has 2 saturated carbocycles. The Morgan fingerprint density at radius 3 is 2.27 bits per heavy atom. The van der Waals surface area contributed by atoms with Crippen LogP contribution < -0.4 is 5.32 Å². The number of fused-ring (bicyclic) bond motifs is 3. The van der Waals surface area contributed by atoms with Crippen LogP contribution in [0.25, 0.3) is 0 Å². The summed E-state index contributed by atoms with van der Waals surface area (Å²) >= 11 is 0. The molecule has 5 aliphatic rings. The molecule has 12 nitrogen and oxygen atoms in total. The smallest absolute Gasteiger partial charge is 0.407 e. The normalized spacial score (nSPS) is 40.1. The van der Waals surface area contributed by atoms with E-state index in [4.69, 9.17) is 28.4 Å². The first kappa shape index (κ1) is 39.7. The first-order chi connectivity index (χ1) is 23.4. The zero-order valence-corrected chi connectivity index (χ0v) is 32.5. The highest BCUT2D eigenvalue weighted by Crippen LogP contribution is 2.71. The molecule has 0 aromatic heterocycles. The number of aliphatic hydroxyl groups is 2. The Kier molecular flexibility index (Phi) is 10.4. The minimum atomic E-state index is -1.68. The minimum Gasteiger partial charge on any atom is -0.456 e. The van der Waals surface area contributed by atoms with E-state index in [2.05, 4.69) is 32.7 Å². The average molecular weight is 720 g/mol. The summed E-state index contributed by atoms with van der Waals surface area (Å²) in [4.78, 5) is 39.4. The van der Waals surface area contributed by atoms with Crippen LogP contribution in [0.5, 0.6) is 0 Å². The molecule has 4 fully saturated rings. The third-order valence-corrected chi connectivity index (χ3v) is 12.6.